The van der Waals surface area contributed by atoms with Crippen LogP contribution in [0.1, 0.15) is 5.56 Å². The van der Waals surface area contributed by atoms with Crippen LogP contribution in [-0.4, -0.2) is 41.7 Å². The van der Waals surface area contributed by atoms with Gasteiger partial charge in [-0.15, -0.1) is 11.8 Å². The van der Waals surface area contributed by atoms with Crippen molar-refractivity contribution < 1.29 is 4.79 Å². The molecule has 3 rings (SSSR count). The zero-order chi connectivity index (χ0) is 14.8. The molecule has 0 bridgehead atoms. The monoisotopic (exact) mass is 321 g/mol. The Balaban J connectivity index is 1.88. The molecule has 0 unspecified atom stereocenters. The standard InChI is InChI=1S/C15H16ClN3OS/c1-21-12-3-2-10-6-11(15(16)18-13(10)7-12)8-19-5-4-17-14(20)9-19/h2-3,6-7H,4-5,8-9H2,1H3,(H,17,20). The molecule has 0 atom stereocenters. The van der Waals surface area contributed by atoms with E-state index in [0.29, 0.717) is 24.8 Å². The summed E-state index contributed by atoms with van der Waals surface area (Å²) in [5.74, 6) is 0.0655. The van der Waals surface area contributed by atoms with Crippen LogP contribution in [0.3, 0.4) is 0 Å². The third-order valence-electron chi connectivity index (χ3n) is 3.56. The Hall–Kier alpha value is -1.30. The number of carbonyl (C=O) groups excluding carboxylic acids is 1. The number of nitrogens with one attached hydrogen (secondary N) is 1. The van der Waals surface area contributed by atoms with Crippen LogP contribution in [0.4, 0.5) is 0 Å². The highest BCUT2D eigenvalue weighted by Gasteiger charge is 2.17. The van der Waals surface area contributed by atoms with Crippen LogP contribution < -0.4 is 5.32 Å². The minimum absolute atomic E-state index is 0.0655. The number of benzene rings is 1. The van der Waals surface area contributed by atoms with Crippen LogP contribution in [0.2, 0.25) is 5.15 Å². The summed E-state index contributed by atoms with van der Waals surface area (Å²) >= 11 is 8.00. The van der Waals surface area contributed by atoms with E-state index in [2.05, 4.69) is 33.4 Å². The topological polar surface area (TPSA) is 45.2 Å². The second-order valence-electron chi connectivity index (χ2n) is 5.06. The van der Waals surface area contributed by atoms with Gasteiger partial charge in [0, 0.05) is 35.5 Å². The molecule has 1 fully saturated rings. The van der Waals surface area contributed by atoms with Crippen molar-refractivity contribution in [2.75, 3.05) is 25.9 Å². The molecule has 1 aliphatic rings. The molecule has 0 radical (unpaired) electrons. The number of hydrogen-bond acceptors (Lipinski definition) is 4. The average Bonchev–Trinajstić information content (AvgIpc) is 2.47. The minimum Gasteiger partial charge on any atom is -0.354 e. The van der Waals surface area contributed by atoms with Gasteiger partial charge in [0.15, 0.2) is 0 Å². The van der Waals surface area contributed by atoms with Gasteiger partial charge < -0.3 is 5.32 Å². The average molecular weight is 322 g/mol. The van der Waals surface area contributed by atoms with E-state index in [-0.39, 0.29) is 5.91 Å². The second kappa shape index (κ2) is 6.22. The smallest absolute Gasteiger partial charge is 0.234 e. The van der Waals surface area contributed by atoms with Gasteiger partial charge in [-0.2, -0.15) is 0 Å². The zero-order valence-electron chi connectivity index (χ0n) is 11.7. The molecule has 0 saturated carbocycles. The fraction of sp³-hybridized carbons (Fsp3) is 0.333. The van der Waals surface area contributed by atoms with Gasteiger partial charge in [0.05, 0.1) is 12.1 Å². The first-order valence-corrected chi connectivity index (χ1v) is 8.38. The van der Waals surface area contributed by atoms with Gasteiger partial charge in [-0.25, -0.2) is 4.98 Å². The highest BCUT2D eigenvalue weighted by Crippen LogP contribution is 2.25. The van der Waals surface area contributed by atoms with Crippen molar-refractivity contribution in [3.8, 4) is 0 Å². The minimum atomic E-state index is 0.0655. The van der Waals surface area contributed by atoms with E-state index in [1.807, 2.05) is 12.3 Å². The number of nitrogens with zero attached hydrogens (tertiary/aromatic N) is 2. The van der Waals surface area contributed by atoms with Crippen molar-refractivity contribution >= 4 is 40.2 Å². The lowest BCUT2D eigenvalue weighted by Crippen LogP contribution is -2.47. The number of amides is 1. The molecular weight excluding hydrogens is 306 g/mol. The number of hydrogen-bond donors (Lipinski definition) is 1. The molecule has 110 valence electrons. The first-order chi connectivity index (χ1) is 10.2. The molecule has 2 aromatic rings. The molecule has 0 aliphatic carbocycles. The Morgan fingerprint density at radius 2 is 2.29 bits per heavy atom. The van der Waals surface area contributed by atoms with E-state index in [9.17, 15) is 4.79 Å². The number of thioether (sulfide) groups is 1. The van der Waals surface area contributed by atoms with Crippen LogP contribution in [0, 0.1) is 0 Å². The molecule has 1 aliphatic heterocycles. The number of aromatic nitrogens is 1. The zero-order valence-corrected chi connectivity index (χ0v) is 13.3. The van der Waals surface area contributed by atoms with Gasteiger partial charge in [0.25, 0.3) is 0 Å². The number of carbonyl (C=O) groups is 1. The van der Waals surface area contributed by atoms with Crippen LogP contribution in [0.25, 0.3) is 10.9 Å². The van der Waals surface area contributed by atoms with Crippen LogP contribution in [0.15, 0.2) is 29.2 Å². The predicted octanol–water partition coefficient (Wildman–Crippen LogP) is 2.54. The molecule has 1 N–H and O–H groups in total. The van der Waals surface area contributed by atoms with Crippen LogP contribution in [0.5, 0.6) is 0 Å². The van der Waals surface area contributed by atoms with Crippen LogP contribution in [-0.2, 0) is 11.3 Å². The highest BCUT2D eigenvalue weighted by molar-refractivity contribution is 7.98. The van der Waals surface area contributed by atoms with Crippen molar-refractivity contribution in [3.05, 3.63) is 35.0 Å². The summed E-state index contributed by atoms with van der Waals surface area (Å²) in [6.45, 7) is 2.60. The Morgan fingerprint density at radius 3 is 3.05 bits per heavy atom. The van der Waals surface area contributed by atoms with Crippen molar-refractivity contribution in [1.29, 1.82) is 0 Å². The lowest BCUT2D eigenvalue weighted by molar-refractivity contribution is -0.124. The maximum atomic E-state index is 11.4. The molecule has 1 aromatic heterocycles. The summed E-state index contributed by atoms with van der Waals surface area (Å²) in [4.78, 5) is 19.2. The van der Waals surface area contributed by atoms with Gasteiger partial charge in [-0.1, -0.05) is 17.7 Å². The SMILES string of the molecule is CSc1ccc2cc(CN3CCNC(=O)C3)c(Cl)nc2c1. The predicted molar refractivity (Wildman–Crippen MR) is 86.8 cm³/mol. The second-order valence-corrected chi connectivity index (χ2v) is 6.30. The maximum absolute atomic E-state index is 11.4. The van der Waals surface area contributed by atoms with E-state index in [0.717, 1.165) is 23.0 Å². The van der Waals surface area contributed by atoms with E-state index < -0.39 is 0 Å². The molecule has 2 heterocycles. The van der Waals surface area contributed by atoms with E-state index in [4.69, 9.17) is 11.6 Å². The summed E-state index contributed by atoms with van der Waals surface area (Å²) in [7, 11) is 0. The summed E-state index contributed by atoms with van der Waals surface area (Å²) in [5, 5.41) is 4.42. The fourth-order valence-corrected chi connectivity index (χ4v) is 3.11. The highest BCUT2D eigenvalue weighted by atomic mass is 35.5. The Morgan fingerprint density at radius 1 is 1.43 bits per heavy atom. The first kappa shape index (κ1) is 14.6. The molecule has 21 heavy (non-hydrogen) atoms. The fourth-order valence-electron chi connectivity index (χ4n) is 2.47. The molecule has 1 aromatic carbocycles. The van der Waals surface area contributed by atoms with Gasteiger partial charge in [0.1, 0.15) is 5.15 Å². The summed E-state index contributed by atoms with van der Waals surface area (Å²) in [5.41, 5.74) is 1.88. The van der Waals surface area contributed by atoms with Gasteiger partial charge in [-0.05, 0) is 24.5 Å². The van der Waals surface area contributed by atoms with Crippen molar-refractivity contribution in [2.45, 2.75) is 11.4 Å². The van der Waals surface area contributed by atoms with Crippen molar-refractivity contribution in [3.63, 3.8) is 0 Å². The largest absolute Gasteiger partial charge is 0.354 e. The van der Waals surface area contributed by atoms with Gasteiger partial charge >= 0.3 is 0 Å². The molecule has 1 amide bonds. The van der Waals surface area contributed by atoms with E-state index in [1.54, 1.807) is 11.8 Å². The molecular formula is C15H16ClN3OS. The Kier molecular flexibility index (Phi) is 4.33. The molecule has 4 nitrogen and oxygen atoms in total. The lowest BCUT2D eigenvalue weighted by atomic mass is 10.1. The molecule has 6 heteroatoms. The first-order valence-electron chi connectivity index (χ1n) is 6.78. The van der Waals surface area contributed by atoms with Gasteiger partial charge in [-0.3, -0.25) is 9.69 Å². The molecule has 1 saturated heterocycles. The van der Waals surface area contributed by atoms with E-state index in [1.165, 1.54) is 4.90 Å². The summed E-state index contributed by atoms with van der Waals surface area (Å²) in [6, 6.07) is 8.27. The van der Waals surface area contributed by atoms with Crippen molar-refractivity contribution in [1.82, 2.24) is 15.2 Å². The Labute approximate surface area is 132 Å². The van der Waals surface area contributed by atoms with E-state index >= 15 is 0 Å². The Bertz CT molecular complexity index is 692. The normalized spacial score (nSPS) is 16.2. The number of piperazine rings is 1. The summed E-state index contributed by atoms with van der Waals surface area (Å²) in [6.07, 6.45) is 2.04. The quantitative estimate of drug-likeness (QED) is 0.697. The molecule has 0 spiro atoms. The van der Waals surface area contributed by atoms with Crippen LogP contribution >= 0.6 is 23.4 Å². The number of fused-ring (bicyclic) bond motifs is 1. The number of pyridine rings is 1. The lowest BCUT2D eigenvalue weighted by Gasteiger charge is -2.26. The third kappa shape index (κ3) is 3.31. The number of rotatable bonds is 3. The third-order valence-corrected chi connectivity index (χ3v) is 4.61. The summed E-state index contributed by atoms with van der Waals surface area (Å²) < 4.78 is 0. The van der Waals surface area contributed by atoms with Crippen molar-refractivity contribution in [2.24, 2.45) is 0 Å². The maximum Gasteiger partial charge on any atom is 0.234 e. The van der Waals surface area contributed by atoms with Gasteiger partial charge in [0.2, 0.25) is 5.91 Å². The number of halogens is 1.